The van der Waals surface area contributed by atoms with Crippen molar-refractivity contribution < 1.29 is 4.79 Å². The minimum atomic E-state index is -0.638. The van der Waals surface area contributed by atoms with E-state index in [0.717, 1.165) is 5.57 Å². The maximum absolute atomic E-state index is 11.0. The van der Waals surface area contributed by atoms with Crippen molar-refractivity contribution in [3.8, 4) is 0 Å². The molecule has 0 saturated carbocycles. The largest absolute Gasteiger partial charge is 0.405 e. The summed E-state index contributed by atoms with van der Waals surface area (Å²) in [6.45, 7) is 5.94. The number of carbonyl (C=O) groups is 1. The second-order valence-corrected chi connectivity index (χ2v) is 6.12. The molecular weight excluding hydrogens is 322 g/mol. The van der Waals surface area contributed by atoms with Crippen LogP contribution in [0.3, 0.4) is 0 Å². The van der Waals surface area contributed by atoms with Crippen molar-refractivity contribution in [1.29, 1.82) is 0 Å². The van der Waals surface area contributed by atoms with E-state index in [-0.39, 0.29) is 5.92 Å². The molecule has 0 radical (unpaired) electrons. The van der Waals surface area contributed by atoms with Crippen LogP contribution in [0.25, 0.3) is 0 Å². The third kappa shape index (κ3) is 5.38. The zero-order valence-corrected chi connectivity index (χ0v) is 15.0. The van der Waals surface area contributed by atoms with Gasteiger partial charge in [-0.25, -0.2) is 4.79 Å². The molecule has 0 saturated heterocycles. The minimum absolute atomic E-state index is 0.154. The first-order valence-corrected chi connectivity index (χ1v) is 8.46. The quantitative estimate of drug-likeness (QED) is 0.659. The first-order chi connectivity index (χ1) is 12.5. The van der Waals surface area contributed by atoms with E-state index in [0.29, 0.717) is 12.1 Å². The molecule has 2 aromatic rings. The number of amides is 2. The Labute approximate surface area is 154 Å². The van der Waals surface area contributed by atoms with Crippen molar-refractivity contribution in [2.75, 3.05) is 0 Å². The highest BCUT2D eigenvalue weighted by atomic mass is 16.2. The van der Waals surface area contributed by atoms with Crippen LogP contribution in [0.15, 0.2) is 90.8 Å². The van der Waals surface area contributed by atoms with Crippen LogP contribution in [0, 0.1) is 6.92 Å². The number of urea groups is 1. The highest BCUT2D eigenvalue weighted by Crippen LogP contribution is 2.33. The van der Waals surface area contributed by atoms with Crippen LogP contribution in [0.5, 0.6) is 0 Å². The molecule has 1 unspecified atom stereocenters. The van der Waals surface area contributed by atoms with Crippen molar-refractivity contribution >= 4 is 6.03 Å². The number of hydrogen-bond donors (Lipinski definition) is 3. The average Bonchev–Trinajstić information content (AvgIpc) is 2.60. The van der Waals surface area contributed by atoms with E-state index < -0.39 is 6.03 Å². The summed E-state index contributed by atoms with van der Waals surface area (Å²) in [7, 11) is 0. The van der Waals surface area contributed by atoms with Crippen LogP contribution in [-0.4, -0.2) is 6.03 Å². The Morgan fingerprint density at radius 1 is 1.15 bits per heavy atom. The molecule has 0 aliphatic rings. The predicted octanol–water partition coefficient (Wildman–Crippen LogP) is 4.10. The highest BCUT2D eigenvalue weighted by Gasteiger charge is 2.17. The Kier molecular flexibility index (Phi) is 6.80. The zero-order valence-electron chi connectivity index (χ0n) is 15.0. The van der Waals surface area contributed by atoms with Crippen molar-refractivity contribution in [3.63, 3.8) is 0 Å². The van der Waals surface area contributed by atoms with Gasteiger partial charge in [0.25, 0.3) is 0 Å². The number of hydrogen-bond acceptors (Lipinski definition) is 2. The Hall–Kier alpha value is -3.27. The van der Waals surface area contributed by atoms with Crippen LogP contribution in [0.1, 0.15) is 29.0 Å². The molecule has 134 valence electrons. The van der Waals surface area contributed by atoms with Gasteiger partial charge >= 0.3 is 6.03 Å². The summed E-state index contributed by atoms with van der Waals surface area (Å²) in [4.78, 5) is 11.0. The van der Waals surface area contributed by atoms with Gasteiger partial charge in [-0.15, -0.1) is 0 Å². The van der Waals surface area contributed by atoms with E-state index in [9.17, 15) is 4.79 Å². The molecule has 26 heavy (non-hydrogen) atoms. The molecule has 0 aliphatic heterocycles. The maximum Gasteiger partial charge on any atom is 0.316 e. The summed E-state index contributed by atoms with van der Waals surface area (Å²) in [6.07, 6.45) is 5.82. The number of rotatable bonds is 7. The summed E-state index contributed by atoms with van der Waals surface area (Å²) < 4.78 is 0. The van der Waals surface area contributed by atoms with Crippen LogP contribution < -0.4 is 16.8 Å². The number of primary amides is 1. The number of carbonyl (C=O) groups excluding carboxylic acids is 1. The van der Waals surface area contributed by atoms with Gasteiger partial charge in [0.05, 0.1) is 0 Å². The normalized spacial score (nSPS) is 12.7. The highest BCUT2D eigenvalue weighted by molar-refractivity contribution is 5.74. The van der Waals surface area contributed by atoms with Gasteiger partial charge in [-0.2, -0.15) is 0 Å². The summed E-state index contributed by atoms with van der Waals surface area (Å²) in [5, 5.41) is 2.49. The van der Waals surface area contributed by atoms with Crippen molar-refractivity contribution in [3.05, 3.63) is 107 Å². The minimum Gasteiger partial charge on any atom is -0.405 e. The van der Waals surface area contributed by atoms with Gasteiger partial charge in [0.2, 0.25) is 0 Å². The van der Waals surface area contributed by atoms with Crippen LogP contribution in [0.4, 0.5) is 4.79 Å². The second kappa shape index (κ2) is 9.28. The number of allylic oxidation sites excluding steroid dienone is 3. The molecule has 0 bridgehead atoms. The van der Waals surface area contributed by atoms with Gasteiger partial charge in [-0.1, -0.05) is 61.2 Å². The van der Waals surface area contributed by atoms with Gasteiger partial charge in [-0.3, -0.25) is 0 Å². The Morgan fingerprint density at radius 3 is 2.42 bits per heavy atom. The number of benzene rings is 2. The first kappa shape index (κ1) is 19.1. The summed E-state index contributed by atoms with van der Waals surface area (Å²) in [5.41, 5.74) is 15.9. The van der Waals surface area contributed by atoms with Crippen LogP contribution in [-0.2, 0) is 0 Å². The summed E-state index contributed by atoms with van der Waals surface area (Å²) in [6, 6.07) is 18.0. The Balaban J connectivity index is 2.41. The third-order valence-electron chi connectivity index (χ3n) is 4.16. The zero-order chi connectivity index (χ0) is 18.9. The van der Waals surface area contributed by atoms with E-state index in [1.807, 2.05) is 36.4 Å². The topological polar surface area (TPSA) is 81.1 Å². The number of aryl methyl sites for hydroxylation is 1. The standard InChI is InChI=1S/C22H25N3O/c1-16-8-6-7-11-20(16)21(19-9-4-3-5-10-19)15-18(12-13-23)14-17(2)25-22(24)26/h3-14,21H,2,15,23H2,1H3,(H3,24,25,26)/b13-12-,18-14+. The average molecular weight is 347 g/mol. The molecule has 0 fully saturated rings. The van der Waals surface area contributed by atoms with Gasteiger partial charge in [0.1, 0.15) is 0 Å². The summed E-state index contributed by atoms with van der Waals surface area (Å²) in [5.74, 6) is 0.154. The number of nitrogens with two attached hydrogens (primary N) is 2. The van der Waals surface area contributed by atoms with Crippen molar-refractivity contribution in [2.24, 2.45) is 11.5 Å². The fourth-order valence-electron chi connectivity index (χ4n) is 3.02. The van der Waals surface area contributed by atoms with Gasteiger partial charge in [0.15, 0.2) is 0 Å². The molecule has 0 aliphatic carbocycles. The van der Waals surface area contributed by atoms with Gasteiger partial charge in [0, 0.05) is 11.6 Å². The molecule has 0 heterocycles. The molecule has 5 N–H and O–H groups in total. The fraction of sp³-hybridized carbons (Fsp3) is 0.136. The lowest BCUT2D eigenvalue weighted by atomic mass is 9.83. The lowest BCUT2D eigenvalue weighted by Gasteiger charge is -2.21. The van der Waals surface area contributed by atoms with E-state index in [1.54, 1.807) is 6.08 Å². The lowest BCUT2D eigenvalue weighted by Crippen LogP contribution is -2.27. The van der Waals surface area contributed by atoms with Crippen molar-refractivity contribution in [1.82, 2.24) is 5.32 Å². The fourth-order valence-corrected chi connectivity index (χ4v) is 3.02. The van der Waals surface area contributed by atoms with E-state index >= 15 is 0 Å². The maximum atomic E-state index is 11.0. The van der Waals surface area contributed by atoms with Crippen molar-refractivity contribution in [2.45, 2.75) is 19.3 Å². The smallest absolute Gasteiger partial charge is 0.316 e. The van der Waals surface area contributed by atoms with E-state index in [2.05, 4.69) is 43.1 Å². The molecule has 2 aromatic carbocycles. The van der Waals surface area contributed by atoms with Crippen LogP contribution in [0.2, 0.25) is 0 Å². The Morgan fingerprint density at radius 2 is 1.81 bits per heavy atom. The number of nitrogens with one attached hydrogen (secondary N) is 1. The third-order valence-corrected chi connectivity index (χ3v) is 4.16. The van der Waals surface area contributed by atoms with E-state index in [1.165, 1.54) is 22.9 Å². The Bertz CT molecular complexity index is 822. The molecule has 2 amide bonds. The molecule has 2 rings (SSSR count). The summed E-state index contributed by atoms with van der Waals surface area (Å²) >= 11 is 0. The van der Waals surface area contributed by atoms with E-state index in [4.69, 9.17) is 11.5 Å². The molecule has 1 atom stereocenters. The van der Waals surface area contributed by atoms with Gasteiger partial charge in [-0.05, 0) is 54.0 Å². The molecular formula is C22H25N3O. The first-order valence-electron chi connectivity index (χ1n) is 8.46. The predicted molar refractivity (Wildman–Crippen MR) is 107 cm³/mol. The lowest BCUT2D eigenvalue weighted by molar-refractivity contribution is 0.251. The monoisotopic (exact) mass is 347 g/mol. The molecule has 0 aromatic heterocycles. The SMILES string of the molecule is C=C(/C=C(\C=C/N)CC(c1ccccc1)c1ccccc1C)NC(N)=O. The molecule has 0 spiro atoms. The molecule has 4 nitrogen and oxygen atoms in total. The van der Waals surface area contributed by atoms with Gasteiger partial charge < -0.3 is 16.8 Å². The van der Waals surface area contributed by atoms with Crippen LogP contribution >= 0.6 is 0 Å². The molecule has 4 heteroatoms. The second-order valence-electron chi connectivity index (χ2n) is 6.12.